The molecule has 0 spiro atoms. The molecule has 0 bridgehead atoms. The Morgan fingerprint density at radius 2 is 2.46 bits per heavy atom. The minimum Gasteiger partial charge on any atom is -0.466 e. The number of carbonyl (C=O) groups is 1. The zero-order valence-electron chi connectivity index (χ0n) is 8.51. The maximum atomic E-state index is 11.4. The standard InChI is InChI=1S/C11H18O2/c1-3-9-6-5-7-10(8-9)11(12)13-4-2/h3,10H,4-8H2,1-2H3/b9-3-. The second-order valence-corrected chi connectivity index (χ2v) is 3.49. The molecule has 1 saturated carbocycles. The summed E-state index contributed by atoms with van der Waals surface area (Å²) in [5.41, 5.74) is 1.41. The van der Waals surface area contributed by atoms with E-state index in [2.05, 4.69) is 6.08 Å². The predicted octanol–water partition coefficient (Wildman–Crippen LogP) is 2.69. The summed E-state index contributed by atoms with van der Waals surface area (Å²) in [6.07, 6.45) is 6.33. The fourth-order valence-corrected chi connectivity index (χ4v) is 1.82. The average Bonchev–Trinajstić information content (AvgIpc) is 2.18. The van der Waals surface area contributed by atoms with Gasteiger partial charge >= 0.3 is 5.97 Å². The van der Waals surface area contributed by atoms with E-state index >= 15 is 0 Å². The molecule has 2 nitrogen and oxygen atoms in total. The van der Waals surface area contributed by atoms with Crippen molar-refractivity contribution in [3.63, 3.8) is 0 Å². The van der Waals surface area contributed by atoms with Crippen LogP contribution >= 0.6 is 0 Å². The summed E-state index contributed by atoms with van der Waals surface area (Å²) in [4.78, 5) is 11.4. The Bertz CT molecular complexity index is 206. The van der Waals surface area contributed by atoms with Crippen LogP contribution in [0.3, 0.4) is 0 Å². The number of ether oxygens (including phenoxy) is 1. The number of allylic oxidation sites excluding steroid dienone is 2. The van der Waals surface area contributed by atoms with Gasteiger partial charge in [0.2, 0.25) is 0 Å². The molecule has 0 aliphatic heterocycles. The van der Waals surface area contributed by atoms with Gasteiger partial charge < -0.3 is 4.74 Å². The van der Waals surface area contributed by atoms with Gasteiger partial charge in [-0.15, -0.1) is 0 Å². The van der Waals surface area contributed by atoms with Gasteiger partial charge in [0.15, 0.2) is 0 Å². The van der Waals surface area contributed by atoms with Gasteiger partial charge in [-0.1, -0.05) is 11.6 Å². The lowest BCUT2D eigenvalue weighted by atomic mass is 9.85. The first-order valence-corrected chi connectivity index (χ1v) is 5.08. The van der Waals surface area contributed by atoms with Crippen molar-refractivity contribution in [2.75, 3.05) is 6.61 Å². The van der Waals surface area contributed by atoms with Crippen molar-refractivity contribution in [1.29, 1.82) is 0 Å². The van der Waals surface area contributed by atoms with Gasteiger partial charge in [0.1, 0.15) is 0 Å². The second kappa shape index (κ2) is 5.05. The van der Waals surface area contributed by atoms with Crippen molar-refractivity contribution in [3.8, 4) is 0 Å². The minimum absolute atomic E-state index is 0.0125. The van der Waals surface area contributed by atoms with E-state index in [0.717, 1.165) is 25.7 Å². The second-order valence-electron chi connectivity index (χ2n) is 3.49. The van der Waals surface area contributed by atoms with Gasteiger partial charge in [-0.25, -0.2) is 0 Å². The van der Waals surface area contributed by atoms with Gasteiger partial charge in [0, 0.05) is 0 Å². The normalized spacial score (nSPS) is 26.0. The van der Waals surface area contributed by atoms with Gasteiger partial charge in [-0.3, -0.25) is 4.79 Å². The van der Waals surface area contributed by atoms with Gasteiger partial charge in [0.05, 0.1) is 12.5 Å². The molecule has 2 heteroatoms. The van der Waals surface area contributed by atoms with Gasteiger partial charge in [-0.2, -0.15) is 0 Å². The van der Waals surface area contributed by atoms with Crippen LogP contribution in [0.5, 0.6) is 0 Å². The molecule has 0 heterocycles. The molecule has 13 heavy (non-hydrogen) atoms. The molecule has 1 rings (SSSR count). The monoisotopic (exact) mass is 182 g/mol. The topological polar surface area (TPSA) is 26.3 Å². The summed E-state index contributed by atoms with van der Waals surface area (Å²) in [5.74, 6) is 0.112. The molecule has 1 aliphatic carbocycles. The molecule has 0 amide bonds. The van der Waals surface area contributed by atoms with Crippen molar-refractivity contribution in [3.05, 3.63) is 11.6 Å². The van der Waals surface area contributed by atoms with E-state index in [0.29, 0.717) is 6.61 Å². The molecule has 0 aromatic heterocycles. The number of rotatable bonds is 2. The lowest BCUT2D eigenvalue weighted by molar-refractivity contribution is -0.148. The third-order valence-electron chi connectivity index (χ3n) is 2.59. The number of hydrogen-bond acceptors (Lipinski definition) is 2. The number of hydrogen-bond donors (Lipinski definition) is 0. The fourth-order valence-electron chi connectivity index (χ4n) is 1.82. The summed E-state index contributed by atoms with van der Waals surface area (Å²) in [6, 6.07) is 0. The van der Waals surface area contributed by atoms with Crippen LogP contribution in [0.2, 0.25) is 0 Å². The van der Waals surface area contributed by atoms with E-state index < -0.39 is 0 Å². The highest BCUT2D eigenvalue weighted by atomic mass is 16.5. The SMILES string of the molecule is C/C=C1/CCCC(C(=O)OCC)C1. The van der Waals surface area contributed by atoms with Crippen LogP contribution < -0.4 is 0 Å². The van der Waals surface area contributed by atoms with Crippen LogP contribution in [0.25, 0.3) is 0 Å². The molecule has 0 saturated heterocycles. The zero-order valence-corrected chi connectivity index (χ0v) is 8.51. The smallest absolute Gasteiger partial charge is 0.309 e. The predicted molar refractivity (Wildman–Crippen MR) is 52.3 cm³/mol. The highest BCUT2D eigenvalue weighted by Gasteiger charge is 2.24. The summed E-state index contributed by atoms with van der Waals surface area (Å²) in [5, 5.41) is 0. The Morgan fingerprint density at radius 1 is 1.69 bits per heavy atom. The third-order valence-corrected chi connectivity index (χ3v) is 2.59. The Hall–Kier alpha value is -0.790. The molecule has 1 fully saturated rings. The highest BCUT2D eigenvalue weighted by molar-refractivity contribution is 5.73. The van der Waals surface area contributed by atoms with Crippen molar-refractivity contribution in [2.24, 2.45) is 5.92 Å². The van der Waals surface area contributed by atoms with Crippen molar-refractivity contribution < 1.29 is 9.53 Å². The minimum atomic E-state index is -0.0125. The molecule has 1 aliphatic rings. The van der Waals surface area contributed by atoms with Gasteiger partial charge in [0.25, 0.3) is 0 Å². The molecule has 0 aromatic carbocycles. The lowest BCUT2D eigenvalue weighted by Crippen LogP contribution is -2.21. The molecular formula is C11H18O2. The first-order valence-electron chi connectivity index (χ1n) is 5.08. The van der Waals surface area contributed by atoms with E-state index in [1.807, 2.05) is 13.8 Å². The van der Waals surface area contributed by atoms with E-state index in [1.165, 1.54) is 5.57 Å². The highest BCUT2D eigenvalue weighted by Crippen LogP contribution is 2.28. The number of carbonyl (C=O) groups excluding carboxylic acids is 1. The van der Waals surface area contributed by atoms with Crippen LogP contribution in [0.1, 0.15) is 39.5 Å². The van der Waals surface area contributed by atoms with Crippen molar-refractivity contribution >= 4 is 5.97 Å². The van der Waals surface area contributed by atoms with Crippen LogP contribution in [0.4, 0.5) is 0 Å². The van der Waals surface area contributed by atoms with Crippen LogP contribution in [-0.2, 0) is 9.53 Å². The Labute approximate surface area is 80.0 Å². The van der Waals surface area contributed by atoms with E-state index in [4.69, 9.17) is 4.74 Å². The maximum absolute atomic E-state index is 11.4. The summed E-state index contributed by atoms with van der Waals surface area (Å²) in [7, 11) is 0. The molecule has 0 aromatic rings. The summed E-state index contributed by atoms with van der Waals surface area (Å²) >= 11 is 0. The van der Waals surface area contributed by atoms with Crippen LogP contribution in [-0.4, -0.2) is 12.6 Å². The van der Waals surface area contributed by atoms with Crippen molar-refractivity contribution in [1.82, 2.24) is 0 Å². The van der Waals surface area contributed by atoms with E-state index in [-0.39, 0.29) is 11.9 Å². The van der Waals surface area contributed by atoms with E-state index in [1.54, 1.807) is 0 Å². The fraction of sp³-hybridized carbons (Fsp3) is 0.727. The lowest BCUT2D eigenvalue weighted by Gasteiger charge is -2.22. The molecule has 0 N–H and O–H groups in total. The summed E-state index contributed by atoms with van der Waals surface area (Å²) in [6.45, 7) is 4.40. The quantitative estimate of drug-likeness (QED) is 0.485. The first-order chi connectivity index (χ1) is 6.27. The van der Waals surface area contributed by atoms with Crippen molar-refractivity contribution in [2.45, 2.75) is 39.5 Å². The molecule has 74 valence electrons. The summed E-state index contributed by atoms with van der Waals surface area (Å²) < 4.78 is 5.01. The van der Waals surface area contributed by atoms with Crippen LogP contribution in [0.15, 0.2) is 11.6 Å². The van der Waals surface area contributed by atoms with Crippen LogP contribution in [0, 0.1) is 5.92 Å². The Balaban J connectivity index is 2.46. The maximum Gasteiger partial charge on any atom is 0.309 e. The number of esters is 1. The first kappa shape index (κ1) is 10.3. The molecule has 0 radical (unpaired) electrons. The largest absolute Gasteiger partial charge is 0.466 e. The van der Waals surface area contributed by atoms with Gasteiger partial charge in [-0.05, 0) is 39.5 Å². The average molecular weight is 182 g/mol. The Morgan fingerprint density at radius 3 is 3.08 bits per heavy atom. The molecular weight excluding hydrogens is 164 g/mol. The molecule has 1 unspecified atom stereocenters. The third kappa shape index (κ3) is 2.87. The zero-order chi connectivity index (χ0) is 9.68. The Kier molecular flexibility index (Phi) is 4.00. The molecule has 1 atom stereocenters. The van der Waals surface area contributed by atoms with E-state index in [9.17, 15) is 4.79 Å².